The van der Waals surface area contributed by atoms with Crippen LogP contribution in [0.15, 0.2) is 52.9 Å². The number of amides is 1. The van der Waals surface area contributed by atoms with E-state index in [1.54, 1.807) is 43.1 Å². The Bertz CT molecular complexity index is 856. The van der Waals surface area contributed by atoms with Gasteiger partial charge >= 0.3 is 0 Å². The average Bonchev–Trinajstić information content (AvgIpc) is 2.67. The van der Waals surface area contributed by atoms with Crippen LogP contribution in [0, 0.1) is 11.3 Å². The number of ether oxygens (including phenoxy) is 2. The monoisotopic (exact) mass is 368 g/mol. The van der Waals surface area contributed by atoms with Crippen molar-refractivity contribution >= 4 is 29.4 Å². The Morgan fingerprint density at radius 1 is 1.27 bits per heavy atom. The van der Waals surface area contributed by atoms with E-state index in [-0.39, 0.29) is 5.57 Å². The SMILES string of the molecule is CCOc1ccccc1NC(=O)/C(C#N)=C\c1ccc(SC)c(OC)c1. The molecule has 0 unspecified atom stereocenters. The van der Waals surface area contributed by atoms with Crippen LogP contribution in [0.25, 0.3) is 6.08 Å². The van der Waals surface area contributed by atoms with Gasteiger partial charge in [-0.2, -0.15) is 5.26 Å². The minimum absolute atomic E-state index is 0.00439. The summed E-state index contributed by atoms with van der Waals surface area (Å²) in [5, 5.41) is 12.1. The second kappa shape index (κ2) is 9.54. The topological polar surface area (TPSA) is 71.3 Å². The number of hydrogen-bond acceptors (Lipinski definition) is 5. The Balaban J connectivity index is 2.27. The van der Waals surface area contributed by atoms with Crippen LogP contribution in [-0.4, -0.2) is 25.9 Å². The number of nitriles is 1. The molecule has 0 aliphatic heterocycles. The van der Waals surface area contributed by atoms with Crippen LogP contribution in [0.2, 0.25) is 0 Å². The number of rotatable bonds is 7. The van der Waals surface area contributed by atoms with E-state index in [1.807, 2.05) is 37.4 Å². The summed E-state index contributed by atoms with van der Waals surface area (Å²) in [5.74, 6) is 0.768. The Hall–Kier alpha value is -2.91. The van der Waals surface area contributed by atoms with Crippen molar-refractivity contribution < 1.29 is 14.3 Å². The third-order valence-corrected chi connectivity index (χ3v) is 4.30. The molecule has 5 nitrogen and oxygen atoms in total. The quantitative estimate of drug-likeness (QED) is 0.447. The lowest BCUT2D eigenvalue weighted by Crippen LogP contribution is -2.14. The molecule has 1 N–H and O–H groups in total. The number of hydrogen-bond donors (Lipinski definition) is 1. The molecule has 0 spiro atoms. The average molecular weight is 368 g/mol. The highest BCUT2D eigenvalue weighted by Gasteiger charge is 2.13. The normalized spacial score (nSPS) is 10.8. The number of nitrogens with one attached hydrogen (secondary N) is 1. The molecule has 0 aliphatic rings. The van der Waals surface area contributed by atoms with Crippen LogP contribution in [0.3, 0.4) is 0 Å². The van der Waals surface area contributed by atoms with Crippen molar-refractivity contribution in [2.45, 2.75) is 11.8 Å². The van der Waals surface area contributed by atoms with E-state index in [9.17, 15) is 10.1 Å². The van der Waals surface area contributed by atoms with Crippen LogP contribution < -0.4 is 14.8 Å². The summed E-state index contributed by atoms with van der Waals surface area (Å²) in [6.45, 7) is 2.35. The van der Waals surface area contributed by atoms with Gasteiger partial charge in [0.15, 0.2) is 0 Å². The molecule has 26 heavy (non-hydrogen) atoms. The zero-order valence-electron chi connectivity index (χ0n) is 14.9. The summed E-state index contributed by atoms with van der Waals surface area (Å²) in [4.78, 5) is 13.5. The molecule has 0 saturated carbocycles. The molecule has 0 bridgehead atoms. The molecule has 6 heteroatoms. The maximum absolute atomic E-state index is 12.5. The fourth-order valence-electron chi connectivity index (χ4n) is 2.30. The lowest BCUT2D eigenvalue weighted by Gasteiger charge is -2.11. The van der Waals surface area contributed by atoms with Crippen molar-refractivity contribution in [3.63, 3.8) is 0 Å². The maximum Gasteiger partial charge on any atom is 0.266 e. The van der Waals surface area contributed by atoms with E-state index < -0.39 is 5.91 Å². The fraction of sp³-hybridized carbons (Fsp3) is 0.200. The van der Waals surface area contributed by atoms with E-state index in [0.29, 0.717) is 29.4 Å². The van der Waals surface area contributed by atoms with Gasteiger partial charge in [-0.25, -0.2) is 0 Å². The van der Waals surface area contributed by atoms with E-state index in [2.05, 4.69) is 5.32 Å². The number of anilines is 1. The molecule has 0 radical (unpaired) electrons. The van der Waals surface area contributed by atoms with E-state index >= 15 is 0 Å². The lowest BCUT2D eigenvalue weighted by molar-refractivity contribution is -0.112. The van der Waals surface area contributed by atoms with Crippen molar-refractivity contribution in [2.75, 3.05) is 25.3 Å². The maximum atomic E-state index is 12.5. The summed E-state index contributed by atoms with van der Waals surface area (Å²) in [6.07, 6.45) is 3.49. The summed E-state index contributed by atoms with van der Waals surface area (Å²) >= 11 is 1.56. The van der Waals surface area contributed by atoms with Crippen molar-refractivity contribution in [2.24, 2.45) is 0 Å². The van der Waals surface area contributed by atoms with Gasteiger partial charge in [0.1, 0.15) is 23.1 Å². The van der Waals surface area contributed by atoms with Gasteiger partial charge in [-0.1, -0.05) is 18.2 Å². The number of nitrogens with zero attached hydrogens (tertiary/aromatic N) is 1. The van der Waals surface area contributed by atoms with Crippen LogP contribution in [0.5, 0.6) is 11.5 Å². The predicted octanol–water partition coefficient (Wildman–Crippen LogP) is 4.36. The highest BCUT2D eigenvalue weighted by atomic mass is 32.2. The second-order valence-corrected chi connectivity index (χ2v) is 6.02. The molecule has 0 fully saturated rings. The van der Waals surface area contributed by atoms with Gasteiger partial charge in [0.25, 0.3) is 5.91 Å². The highest BCUT2D eigenvalue weighted by Crippen LogP contribution is 2.29. The van der Waals surface area contributed by atoms with Gasteiger partial charge in [-0.3, -0.25) is 4.79 Å². The summed E-state index contributed by atoms with van der Waals surface area (Å²) in [5.41, 5.74) is 1.23. The van der Waals surface area contributed by atoms with Gasteiger partial charge in [-0.15, -0.1) is 11.8 Å². The second-order valence-electron chi connectivity index (χ2n) is 5.17. The van der Waals surface area contributed by atoms with Crippen LogP contribution >= 0.6 is 11.8 Å². The summed E-state index contributed by atoms with van der Waals surface area (Å²) in [7, 11) is 1.59. The first-order chi connectivity index (χ1) is 12.6. The van der Waals surface area contributed by atoms with Gasteiger partial charge in [-0.05, 0) is 49.1 Å². The molecule has 0 aliphatic carbocycles. The zero-order chi connectivity index (χ0) is 18.9. The van der Waals surface area contributed by atoms with E-state index in [4.69, 9.17) is 9.47 Å². The largest absolute Gasteiger partial charge is 0.496 e. The fourth-order valence-corrected chi connectivity index (χ4v) is 2.85. The number of carbonyl (C=O) groups is 1. The smallest absolute Gasteiger partial charge is 0.266 e. The highest BCUT2D eigenvalue weighted by molar-refractivity contribution is 7.98. The van der Waals surface area contributed by atoms with Crippen LogP contribution in [0.1, 0.15) is 12.5 Å². The molecule has 2 rings (SSSR count). The number of methoxy groups -OCH3 is 1. The van der Waals surface area contributed by atoms with Crippen LogP contribution in [0.4, 0.5) is 5.69 Å². The molecule has 2 aromatic carbocycles. The molecule has 134 valence electrons. The third kappa shape index (κ3) is 4.80. The first-order valence-electron chi connectivity index (χ1n) is 8.00. The molecule has 0 atom stereocenters. The predicted molar refractivity (Wildman–Crippen MR) is 105 cm³/mol. The molecule has 0 aromatic heterocycles. The summed E-state index contributed by atoms with van der Waals surface area (Å²) < 4.78 is 10.8. The number of benzene rings is 2. The van der Waals surface area contributed by atoms with Crippen molar-refractivity contribution in [3.8, 4) is 17.6 Å². The van der Waals surface area contributed by atoms with Gasteiger partial charge in [0.2, 0.25) is 0 Å². The van der Waals surface area contributed by atoms with E-state index in [0.717, 1.165) is 4.90 Å². The molecular weight excluding hydrogens is 348 g/mol. The van der Waals surface area contributed by atoms with Crippen molar-refractivity contribution in [3.05, 3.63) is 53.6 Å². The number of thioether (sulfide) groups is 1. The number of carbonyl (C=O) groups excluding carboxylic acids is 1. The van der Waals surface area contributed by atoms with Gasteiger partial charge in [0, 0.05) is 4.90 Å². The Labute approximate surface area is 157 Å². The first kappa shape index (κ1) is 19.4. The minimum Gasteiger partial charge on any atom is -0.496 e. The van der Waals surface area contributed by atoms with Gasteiger partial charge in [0.05, 0.1) is 19.4 Å². The Morgan fingerprint density at radius 2 is 2.04 bits per heavy atom. The van der Waals surface area contributed by atoms with Gasteiger partial charge < -0.3 is 14.8 Å². The molecule has 0 saturated heterocycles. The zero-order valence-corrected chi connectivity index (χ0v) is 15.7. The number of para-hydroxylation sites is 2. The third-order valence-electron chi connectivity index (χ3n) is 3.52. The Kier molecular flexibility index (Phi) is 7.12. The molecule has 2 aromatic rings. The molecule has 0 heterocycles. The molecular formula is C20H20N2O3S. The molecule has 1 amide bonds. The van der Waals surface area contributed by atoms with Crippen LogP contribution in [-0.2, 0) is 4.79 Å². The minimum atomic E-state index is -0.493. The summed E-state index contributed by atoms with van der Waals surface area (Å²) in [6, 6.07) is 14.6. The standard InChI is InChI=1S/C20H20N2O3S/c1-4-25-17-8-6-5-7-16(17)22-20(23)15(13-21)11-14-9-10-19(26-3)18(12-14)24-2/h5-12H,4H2,1-3H3,(H,22,23)/b15-11-. The first-order valence-corrected chi connectivity index (χ1v) is 9.22. The van der Waals surface area contributed by atoms with Crippen molar-refractivity contribution in [1.82, 2.24) is 0 Å². The Morgan fingerprint density at radius 3 is 2.69 bits per heavy atom. The lowest BCUT2D eigenvalue weighted by atomic mass is 10.1. The van der Waals surface area contributed by atoms with E-state index in [1.165, 1.54) is 6.08 Å². The van der Waals surface area contributed by atoms with Crippen molar-refractivity contribution in [1.29, 1.82) is 5.26 Å².